The molecule has 4 aliphatic rings. The van der Waals surface area contributed by atoms with Crippen LogP contribution in [0.4, 0.5) is 0 Å². The summed E-state index contributed by atoms with van der Waals surface area (Å²) in [5, 5.41) is 8.22. The van der Waals surface area contributed by atoms with Gasteiger partial charge in [-0.05, 0) is 0 Å². The second kappa shape index (κ2) is 4.83. The summed E-state index contributed by atoms with van der Waals surface area (Å²) < 4.78 is 7.04. The van der Waals surface area contributed by atoms with Gasteiger partial charge in [-0.3, -0.25) is 0 Å². The van der Waals surface area contributed by atoms with Crippen LogP contribution in [-0.4, -0.2) is 35.5 Å². The number of carbonyl (C=O) groups excluding carboxylic acids is 1. The predicted molar refractivity (Wildman–Crippen MR) is 87.7 cm³/mol. The number of carbonyl (C=O) groups is 1. The number of nitrogens with one attached hydrogen (secondary N) is 1. The second-order valence-corrected chi connectivity index (χ2v) is 15.6. The summed E-state index contributed by atoms with van der Waals surface area (Å²) in [4.78, 5) is 12.6. The first kappa shape index (κ1) is 14.3. The summed E-state index contributed by atoms with van der Waals surface area (Å²) in [5.41, 5.74) is 1.10. The summed E-state index contributed by atoms with van der Waals surface area (Å²) in [7, 11) is 0. The van der Waals surface area contributed by atoms with Crippen LogP contribution in [0.3, 0.4) is 0 Å². The Labute approximate surface area is 139 Å². The number of fused-ring (bicyclic) bond motifs is 1. The summed E-state index contributed by atoms with van der Waals surface area (Å²) in [5.74, 6) is 1.70. The Morgan fingerprint density at radius 1 is 1.45 bits per heavy atom. The van der Waals surface area contributed by atoms with Gasteiger partial charge in [0, 0.05) is 0 Å². The van der Waals surface area contributed by atoms with Crippen molar-refractivity contribution in [3.05, 3.63) is 0 Å². The number of unbranched alkanes of at least 4 members (excludes halogenated alkanes) is 1. The molecule has 4 fully saturated rings. The van der Waals surface area contributed by atoms with Gasteiger partial charge < -0.3 is 0 Å². The van der Waals surface area contributed by atoms with Gasteiger partial charge in [0.1, 0.15) is 0 Å². The molecule has 1 spiro atoms. The number of hydrogen-bond donors (Lipinski definition) is 1. The first-order chi connectivity index (χ1) is 9.64. The molecule has 0 amide bonds. The van der Waals surface area contributed by atoms with Crippen molar-refractivity contribution in [2.45, 2.75) is 43.0 Å². The summed E-state index contributed by atoms with van der Waals surface area (Å²) in [6, 6.07) is 0. The maximum absolute atomic E-state index is 12.6. The van der Waals surface area contributed by atoms with E-state index >= 15 is 0 Å². The van der Waals surface area contributed by atoms with Crippen LogP contribution in [0.25, 0.3) is 0 Å². The average molecular weight is 493 g/mol. The van der Waals surface area contributed by atoms with Gasteiger partial charge in [0.05, 0.1) is 0 Å². The zero-order chi connectivity index (χ0) is 14.0. The van der Waals surface area contributed by atoms with E-state index in [1.54, 1.807) is 0 Å². The number of halogens is 1. The van der Waals surface area contributed by atoms with Gasteiger partial charge in [0.25, 0.3) is 0 Å². The van der Waals surface area contributed by atoms with E-state index in [0.717, 1.165) is 31.4 Å². The minimum atomic E-state index is -0.252. The molecule has 0 radical (unpaired) electrons. The Morgan fingerprint density at radius 3 is 3.10 bits per heavy atom. The maximum atomic E-state index is 12.6. The van der Waals surface area contributed by atoms with Crippen LogP contribution in [0.5, 0.6) is 0 Å². The molecule has 0 aliphatic heterocycles. The van der Waals surface area contributed by atoms with Crippen LogP contribution >= 0.6 is 18.6 Å². The molecule has 3 nitrogen and oxygen atoms in total. The summed E-state index contributed by atoms with van der Waals surface area (Å²) >= 11 is 2.33. The van der Waals surface area contributed by atoms with E-state index in [1.165, 1.54) is 17.3 Å². The van der Waals surface area contributed by atoms with Gasteiger partial charge in [-0.25, -0.2) is 0 Å². The molecule has 0 aromatic carbocycles. The summed E-state index contributed by atoms with van der Waals surface area (Å²) in [6.45, 7) is 0.631. The average Bonchev–Trinajstić information content (AvgIpc) is 3.08. The zero-order valence-electron chi connectivity index (χ0n) is 11.7. The molecule has 4 saturated carbocycles. The molecule has 1 N–H and O–H groups in total. The molecular weight excluding hydrogens is 472 g/mol. The van der Waals surface area contributed by atoms with Crippen LogP contribution in [-0.2, 0) is 9.53 Å². The Morgan fingerprint density at radius 2 is 2.30 bits per heavy atom. The molecule has 2 bridgehead atoms. The molecule has 4 aliphatic carbocycles. The fourth-order valence-corrected chi connectivity index (χ4v) is 9.70. The van der Waals surface area contributed by atoms with Crippen LogP contribution < -0.4 is 0 Å². The Balaban J connectivity index is 1.38. The first-order valence-electron chi connectivity index (χ1n) is 7.82. The van der Waals surface area contributed by atoms with E-state index in [1.807, 2.05) is 0 Å². The Bertz CT molecular complexity index is 484. The molecule has 4 rings (SSSR count). The third-order valence-corrected chi connectivity index (χ3v) is 12.5. The van der Waals surface area contributed by atoms with Gasteiger partial charge in [-0.1, -0.05) is 0 Å². The minimum absolute atomic E-state index is 0.0941. The zero-order valence-corrected chi connectivity index (χ0v) is 17.1. The number of rotatable bonds is 6. The van der Waals surface area contributed by atoms with Crippen molar-refractivity contribution < 1.29 is 9.53 Å². The molecular formula is C15H21INO2Sn-. The van der Waals surface area contributed by atoms with Crippen molar-refractivity contribution >= 4 is 47.5 Å². The second-order valence-electron chi connectivity index (χ2n) is 7.21. The van der Waals surface area contributed by atoms with E-state index in [9.17, 15) is 4.79 Å². The SMILES string of the molecule is N=C1C2CC3C1CC31CC1(C(=O)OCCC[CH2][SnH-][I])C2. The van der Waals surface area contributed by atoms with Gasteiger partial charge >= 0.3 is 141 Å². The molecule has 5 atom stereocenters. The van der Waals surface area contributed by atoms with Gasteiger partial charge in [0.2, 0.25) is 0 Å². The molecule has 0 aromatic rings. The molecule has 5 heteroatoms. The molecule has 110 valence electrons. The van der Waals surface area contributed by atoms with E-state index in [0.29, 0.717) is 24.4 Å². The van der Waals surface area contributed by atoms with E-state index < -0.39 is 0 Å². The third kappa shape index (κ3) is 1.69. The predicted octanol–water partition coefficient (Wildman–Crippen LogP) is 2.97. The van der Waals surface area contributed by atoms with Gasteiger partial charge in [-0.2, -0.15) is 0 Å². The molecule has 0 aromatic heterocycles. The fraction of sp³-hybridized carbons (Fsp3) is 0.867. The van der Waals surface area contributed by atoms with Crippen molar-refractivity contribution in [1.82, 2.24) is 0 Å². The fourth-order valence-electron chi connectivity index (χ4n) is 5.49. The van der Waals surface area contributed by atoms with Crippen molar-refractivity contribution in [1.29, 1.82) is 5.41 Å². The normalized spacial score (nSPS) is 46.6. The third-order valence-electron chi connectivity index (χ3n) is 6.53. The standard InChI is InChI=1S/C15H20NO2.HI.Sn.H/c1-2-3-4-18-13(17)15-6-9-5-11-10(12(9)16)7-14(11,15)8-15;;;/h9-11,16H,1-8H2;1H;;/p-1. The quantitative estimate of drug-likeness (QED) is 0.268. The van der Waals surface area contributed by atoms with Crippen LogP contribution in [0.1, 0.15) is 38.5 Å². The van der Waals surface area contributed by atoms with Gasteiger partial charge in [0.15, 0.2) is 0 Å². The van der Waals surface area contributed by atoms with E-state index in [4.69, 9.17) is 10.1 Å². The molecule has 0 heterocycles. The van der Waals surface area contributed by atoms with Crippen LogP contribution in [0.2, 0.25) is 4.44 Å². The van der Waals surface area contributed by atoms with E-state index in [2.05, 4.69) is 18.6 Å². The Hall–Kier alpha value is 0.669. The molecule has 0 saturated heterocycles. The number of ether oxygens (including phenoxy) is 1. The van der Waals surface area contributed by atoms with Crippen LogP contribution in [0.15, 0.2) is 0 Å². The van der Waals surface area contributed by atoms with E-state index in [-0.39, 0.29) is 34.0 Å². The van der Waals surface area contributed by atoms with Crippen LogP contribution in [0, 0.1) is 34.0 Å². The molecule has 20 heavy (non-hydrogen) atoms. The van der Waals surface area contributed by atoms with Gasteiger partial charge in [-0.15, -0.1) is 0 Å². The molecule has 5 unspecified atom stereocenters. The topological polar surface area (TPSA) is 50.2 Å². The van der Waals surface area contributed by atoms with Crippen molar-refractivity contribution in [3.63, 3.8) is 0 Å². The van der Waals surface area contributed by atoms with Crippen molar-refractivity contribution in [2.75, 3.05) is 6.61 Å². The number of hydrogen-bond acceptors (Lipinski definition) is 3. The first-order valence-corrected chi connectivity index (χ1v) is 19.8. The number of esters is 1. The van der Waals surface area contributed by atoms with Crippen molar-refractivity contribution in [3.8, 4) is 0 Å². The van der Waals surface area contributed by atoms with Crippen molar-refractivity contribution in [2.24, 2.45) is 28.6 Å². The summed E-state index contributed by atoms with van der Waals surface area (Å²) in [6.07, 6.45) is 6.61. The monoisotopic (exact) mass is 494 g/mol. The Kier molecular flexibility index (Phi) is 3.45.